The van der Waals surface area contributed by atoms with Crippen molar-refractivity contribution in [2.45, 2.75) is 25.7 Å². The lowest BCUT2D eigenvalue weighted by Crippen LogP contribution is -2.48. The van der Waals surface area contributed by atoms with Crippen LogP contribution in [0.4, 0.5) is 0 Å². The molecule has 0 aliphatic rings. The fourth-order valence-electron chi connectivity index (χ4n) is 2.29. The molecule has 2 N–H and O–H groups in total. The summed E-state index contributed by atoms with van der Waals surface area (Å²) < 4.78 is 4.70. The summed E-state index contributed by atoms with van der Waals surface area (Å²) in [6.07, 6.45) is 3.14. The zero-order valence-corrected chi connectivity index (χ0v) is 13.1. The summed E-state index contributed by atoms with van der Waals surface area (Å²) in [4.78, 5) is 54.8. The van der Waals surface area contributed by atoms with Gasteiger partial charge in [0.05, 0.1) is 5.56 Å². The molecule has 0 saturated heterocycles. The van der Waals surface area contributed by atoms with Crippen LogP contribution in [0.5, 0.6) is 0 Å². The SMILES string of the molecule is COCC(=O)C(CCCCC(=O)O)(C(=O)O)C(=O)c1cncnc1. The van der Waals surface area contributed by atoms with E-state index >= 15 is 0 Å². The molecule has 24 heavy (non-hydrogen) atoms. The maximum absolute atomic E-state index is 12.7. The Kier molecular flexibility index (Phi) is 7.12. The third-order valence-corrected chi connectivity index (χ3v) is 3.52. The van der Waals surface area contributed by atoms with Crippen LogP contribution in [0, 0.1) is 5.41 Å². The van der Waals surface area contributed by atoms with Gasteiger partial charge in [-0.2, -0.15) is 0 Å². The van der Waals surface area contributed by atoms with Crippen LogP contribution >= 0.6 is 0 Å². The first-order valence-electron chi connectivity index (χ1n) is 7.13. The normalized spacial score (nSPS) is 13.0. The van der Waals surface area contributed by atoms with E-state index in [1.807, 2.05) is 0 Å². The molecule has 1 aromatic heterocycles. The Balaban J connectivity index is 3.16. The van der Waals surface area contributed by atoms with Crippen LogP contribution in [0.2, 0.25) is 0 Å². The van der Waals surface area contributed by atoms with Crippen molar-refractivity contribution < 1.29 is 34.1 Å². The first-order valence-corrected chi connectivity index (χ1v) is 7.13. The summed E-state index contributed by atoms with van der Waals surface area (Å²) in [5.74, 6) is -4.48. The highest BCUT2D eigenvalue weighted by Crippen LogP contribution is 2.31. The first kappa shape index (κ1) is 19.4. The number of aliphatic carboxylic acids is 2. The van der Waals surface area contributed by atoms with Crippen molar-refractivity contribution in [3.05, 3.63) is 24.3 Å². The summed E-state index contributed by atoms with van der Waals surface area (Å²) in [7, 11) is 1.21. The number of Topliss-reactive ketones (excluding diaryl/α,β-unsaturated/α-hetero) is 2. The minimum Gasteiger partial charge on any atom is -0.481 e. The molecule has 0 aliphatic heterocycles. The van der Waals surface area contributed by atoms with E-state index in [-0.39, 0.29) is 31.2 Å². The number of methoxy groups -OCH3 is 1. The zero-order chi connectivity index (χ0) is 18.2. The molecule has 130 valence electrons. The van der Waals surface area contributed by atoms with Gasteiger partial charge in [0.2, 0.25) is 0 Å². The third kappa shape index (κ3) is 4.42. The van der Waals surface area contributed by atoms with Crippen LogP contribution < -0.4 is 0 Å². The lowest BCUT2D eigenvalue weighted by molar-refractivity contribution is -0.153. The second kappa shape index (κ2) is 8.82. The van der Waals surface area contributed by atoms with Gasteiger partial charge in [-0.15, -0.1) is 0 Å². The van der Waals surface area contributed by atoms with Gasteiger partial charge in [0.25, 0.3) is 0 Å². The van der Waals surface area contributed by atoms with Crippen LogP contribution in [-0.2, 0) is 19.1 Å². The number of carbonyl (C=O) groups is 4. The highest BCUT2D eigenvalue weighted by Gasteiger charge is 2.52. The van der Waals surface area contributed by atoms with Crippen molar-refractivity contribution in [2.75, 3.05) is 13.7 Å². The molecule has 1 heterocycles. The molecule has 9 heteroatoms. The number of hydrogen-bond acceptors (Lipinski definition) is 7. The average molecular weight is 338 g/mol. The molecule has 0 amide bonds. The minimum absolute atomic E-state index is 0.0769. The Hall–Kier alpha value is -2.68. The summed E-state index contributed by atoms with van der Waals surface area (Å²) in [6, 6.07) is 0. The van der Waals surface area contributed by atoms with E-state index in [9.17, 15) is 24.3 Å². The molecule has 1 atom stereocenters. The molecular weight excluding hydrogens is 320 g/mol. The average Bonchev–Trinajstić information content (AvgIpc) is 2.55. The minimum atomic E-state index is -2.35. The Bertz CT molecular complexity index is 618. The second-order valence-corrected chi connectivity index (χ2v) is 5.12. The standard InChI is InChI=1S/C15H18N2O7/c1-24-8-11(18)15(14(22)23,5-3-2-4-12(19)20)13(21)10-6-16-9-17-7-10/h6-7,9H,2-5,8H2,1H3,(H,19,20)(H,22,23). The number of hydrogen-bond donors (Lipinski definition) is 2. The molecule has 0 radical (unpaired) electrons. The zero-order valence-electron chi connectivity index (χ0n) is 13.1. The van der Waals surface area contributed by atoms with Gasteiger partial charge in [0.15, 0.2) is 17.0 Å². The largest absolute Gasteiger partial charge is 0.481 e. The number of aromatic nitrogens is 2. The van der Waals surface area contributed by atoms with E-state index in [1.54, 1.807) is 0 Å². The molecule has 1 rings (SSSR count). The molecule has 0 fully saturated rings. The number of carbonyl (C=O) groups excluding carboxylic acids is 2. The molecule has 0 aromatic carbocycles. The summed E-state index contributed by atoms with van der Waals surface area (Å²) in [5, 5.41) is 18.3. The summed E-state index contributed by atoms with van der Waals surface area (Å²) in [5.41, 5.74) is -2.46. The fraction of sp³-hybridized carbons (Fsp3) is 0.467. The number of carboxylic acids is 2. The van der Waals surface area contributed by atoms with Crippen LogP contribution in [-0.4, -0.2) is 57.4 Å². The molecule has 0 bridgehead atoms. The molecule has 0 spiro atoms. The van der Waals surface area contributed by atoms with Gasteiger partial charge in [0, 0.05) is 25.9 Å². The Morgan fingerprint density at radius 2 is 1.75 bits per heavy atom. The fourth-order valence-corrected chi connectivity index (χ4v) is 2.29. The van der Waals surface area contributed by atoms with Gasteiger partial charge < -0.3 is 14.9 Å². The monoisotopic (exact) mass is 338 g/mol. The van der Waals surface area contributed by atoms with Gasteiger partial charge in [-0.3, -0.25) is 19.2 Å². The van der Waals surface area contributed by atoms with E-state index in [0.29, 0.717) is 0 Å². The molecule has 1 aromatic rings. The number of nitrogens with zero attached hydrogens (tertiary/aromatic N) is 2. The molecular formula is C15H18N2O7. The van der Waals surface area contributed by atoms with E-state index in [4.69, 9.17) is 9.84 Å². The smallest absolute Gasteiger partial charge is 0.325 e. The van der Waals surface area contributed by atoms with Crippen molar-refractivity contribution in [2.24, 2.45) is 5.41 Å². The van der Waals surface area contributed by atoms with E-state index in [0.717, 1.165) is 12.4 Å². The summed E-state index contributed by atoms with van der Waals surface area (Å²) >= 11 is 0. The van der Waals surface area contributed by atoms with Crippen LogP contribution in [0.3, 0.4) is 0 Å². The molecule has 9 nitrogen and oxygen atoms in total. The lowest BCUT2D eigenvalue weighted by atomic mass is 9.73. The molecule has 1 unspecified atom stereocenters. The highest BCUT2D eigenvalue weighted by molar-refractivity contribution is 6.26. The van der Waals surface area contributed by atoms with Crippen LogP contribution in [0.1, 0.15) is 36.0 Å². The quantitative estimate of drug-likeness (QED) is 0.336. The Morgan fingerprint density at radius 1 is 1.12 bits per heavy atom. The van der Waals surface area contributed by atoms with Gasteiger partial charge in [-0.05, 0) is 12.8 Å². The number of rotatable bonds is 11. The van der Waals surface area contributed by atoms with Crippen molar-refractivity contribution in [1.29, 1.82) is 0 Å². The van der Waals surface area contributed by atoms with Gasteiger partial charge in [-0.1, -0.05) is 6.42 Å². The molecule has 0 saturated carbocycles. The topological polar surface area (TPSA) is 144 Å². The van der Waals surface area contributed by atoms with E-state index in [1.165, 1.54) is 13.4 Å². The predicted molar refractivity (Wildman–Crippen MR) is 79.4 cm³/mol. The second-order valence-electron chi connectivity index (χ2n) is 5.12. The third-order valence-electron chi connectivity index (χ3n) is 3.52. The Morgan fingerprint density at radius 3 is 2.25 bits per heavy atom. The predicted octanol–water partition coefficient (Wildman–Crippen LogP) is 0.591. The van der Waals surface area contributed by atoms with Crippen molar-refractivity contribution in [3.8, 4) is 0 Å². The van der Waals surface area contributed by atoms with E-state index in [2.05, 4.69) is 9.97 Å². The number of ether oxygens (including phenoxy) is 1. The summed E-state index contributed by atoms with van der Waals surface area (Å²) in [6.45, 7) is -0.551. The highest BCUT2D eigenvalue weighted by atomic mass is 16.5. The van der Waals surface area contributed by atoms with Crippen molar-refractivity contribution >= 4 is 23.5 Å². The van der Waals surface area contributed by atoms with Crippen molar-refractivity contribution in [1.82, 2.24) is 9.97 Å². The number of ketones is 2. The van der Waals surface area contributed by atoms with Gasteiger partial charge in [-0.25, -0.2) is 9.97 Å². The van der Waals surface area contributed by atoms with Gasteiger partial charge >= 0.3 is 11.9 Å². The number of carboxylic acid groups (broad SMARTS) is 2. The maximum atomic E-state index is 12.7. The maximum Gasteiger partial charge on any atom is 0.325 e. The van der Waals surface area contributed by atoms with E-state index < -0.39 is 35.5 Å². The lowest BCUT2D eigenvalue weighted by Gasteiger charge is -2.26. The number of unbranched alkanes of at least 4 members (excludes halogenated alkanes) is 1. The van der Waals surface area contributed by atoms with Gasteiger partial charge in [0.1, 0.15) is 12.9 Å². The molecule has 0 aliphatic carbocycles. The van der Waals surface area contributed by atoms with Crippen LogP contribution in [0.25, 0.3) is 0 Å². The van der Waals surface area contributed by atoms with Crippen molar-refractivity contribution in [3.63, 3.8) is 0 Å². The Labute approximate surface area is 137 Å². The first-order chi connectivity index (χ1) is 11.4. The van der Waals surface area contributed by atoms with Crippen LogP contribution in [0.15, 0.2) is 18.7 Å².